The fraction of sp³-hybridized carbons (Fsp3) is 0.263. The smallest absolute Gasteiger partial charge is 0.262 e. The van der Waals surface area contributed by atoms with Crippen LogP contribution in [0.3, 0.4) is 0 Å². The van der Waals surface area contributed by atoms with E-state index in [2.05, 4.69) is 20.8 Å². The SMILES string of the molecule is CCc1noc(C)c1C(=O)Nc1nc(-c2ccc3c(c2)CCC(=O)N3)cs1. The van der Waals surface area contributed by atoms with Crippen LogP contribution in [0.25, 0.3) is 11.3 Å². The molecule has 0 fully saturated rings. The van der Waals surface area contributed by atoms with E-state index in [1.807, 2.05) is 30.5 Å². The van der Waals surface area contributed by atoms with Gasteiger partial charge in [0.05, 0.1) is 11.4 Å². The molecule has 27 heavy (non-hydrogen) atoms. The molecule has 3 aromatic rings. The molecule has 0 aliphatic carbocycles. The zero-order valence-corrected chi connectivity index (χ0v) is 15.8. The molecule has 0 atom stereocenters. The summed E-state index contributed by atoms with van der Waals surface area (Å²) in [6.07, 6.45) is 1.83. The lowest BCUT2D eigenvalue weighted by Crippen LogP contribution is -2.18. The third-order valence-electron chi connectivity index (χ3n) is 4.52. The molecule has 7 nitrogen and oxygen atoms in total. The number of aromatic nitrogens is 2. The maximum atomic E-state index is 12.6. The van der Waals surface area contributed by atoms with Crippen LogP contribution in [0.15, 0.2) is 28.1 Å². The van der Waals surface area contributed by atoms with Gasteiger partial charge in [0.2, 0.25) is 5.91 Å². The van der Waals surface area contributed by atoms with Crippen LogP contribution in [-0.4, -0.2) is 22.0 Å². The number of nitrogens with zero attached hydrogens (tertiary/aromatic N) is 2. The van der Waals surface area contributed by atoms with E-state index >= 15 is 0 Å². The topological polar surface area (TPSA) is 97.1 Å². The molecule has 1 aliphatic rings. The number of hydrogen-bond donors (Lipinski definition) is 2. The highest BCUT2D eigenvalue weighted by Crippen LogP contribution is 2.31. The second kappa shape index (κ2) is 6.96. The van der Waals surface area contributed by atoms with Crippen molar-refractivity contribution >= 4 is 34.0 Å². The highest BCUT2D eigenvalue weighted by atomic mass is 32.1. The monoisotopic (exact) mass is 382 g/mol. The van der Waals surface area contributed by atoms with Crippen molar-refractivity contribution in [1.29, 1.82) is 0 Å². The average Bonchev–Trinajstić information content (AvgIpc) is 3.27. The Morgan fingerprint density at radius 1 is 1.37 bits per heavy atom. The Balaban J connectivity index is 1.55. The van der Waals surface area contributed by atoms with Crippen molar-refractivity contribution in [3.8, 4) is 11.3 Å². The largest absolute Gasteiger partial charge is 0.361 e. The number of thiazole rings is 1. The Morgan fingerprint density at radius 2 is 2.22 bits per heavy atom. The second-order valence-corrected chi connectivity index (χ2v) is 7.18. The zero-order valence-electron chi connectivity index (χ0n) is 15.0. The van der Waals surface area contributed by atoms with Crippen LogP contribution in [0.1, 0.15) is 40.7 Å². The summed E-state index contributed by atoms with van der Waals surface area (Å²) in [5.41, 5.74) is 4.80. The lowest BCUT2D eigenvalue weighted by molar-refractivity contribution is -0.116. The number of hydrogen-bond acceptors (Lipinski definition) is 6. The molecule has 1 aromatic carbocycles. The van der Waals surface area contributed by atoms with E-state index in [1.165, 1.54) is 11.3 Å². The molecule has 0 radical (unpaired) electrons. The average molecular weight is 382 g/mol. The molecule has 0 saturated heterocycles. The summed E-state index contributed by atoms with van der Waals surface area (Å²) in [5, 5.41) is 12.0. The van der Waals surface area contributed by atoms with E-state index in [1.54, 1.807) is 6.92 Å². The van der Waals surface area contributed by atoms with E-state index in [4.69, 9.17) is 4.52 Å². The molecule has 4 rings (SSSR count). The van der Waals surface area contributed by atoms with Crippen LogP contribution in [0.2, 0.25) is 0 Å². The number of anilines is 2. The molecular weight excluding hydrogens is 364 g/mol. The first-order valence-corrected chi connectivity index (χ1v) is 9.58. The standard InChI is InChI=1S/C19H18N4O3S/c1-3-13-17(10(2)26-23-13)18(25)22-19-21-15(9-27-19)12-4-6-14-11(8-12)5-7-16(24)20-14/h4,6,8-9H,3,5,7H2,1-2H3,(H,20,24)(H,21,22,25). The van der Waals surface area contributed by atoms with Gasteiger partial charge < -0.3 is 9.84 Å². The highest BCUT2D eigenvalue weighted by Gasteiger charge is 2.21. The number of nitrogens with one attached hydrogen (secondary N) is 2. The summed E-state index contributed by atoms with van der Waals surface area (Å²) < 4.78 is 5.12. The number of aryl methyl sites for hydroxylation is 3. The van der Waals surface area contributed by atoms with Gasteiger partial charge in [-0.2, -0.15) is 0 Å². The number of fused-ring (bicyclic) bond motifs is 1. The van der Waals surface area contributed by atoms with Crippen molar-refractivity contribution < 1.29 is 14.1 Å². The quantitative estimate of drug-likeness (QED) is 0.715. The highest BCUT2D eigenvalue weighted by molar-refractivity contribution is 7.14. The maximum absolute atomic E-state index is 12.6. The number of benzene rings is 1. The first-order valence-electron chi connectivity index (χ1n) is 8.70. The van der Waals surface area contributed by atoms with Gasteiger partial charge in [0.1, 0.15) is 11.3 Å². The molecular formula is C19H18N4O3S. The molecule has 2 amide bonds. The van der Waals surface area contributed by atoms with Crippen LogP contribution in [0.5, 0.6) is 0 Å². The van der Waals surface area contributed by atoms with Gasteiger partial charge >= 0.3 is 0 Å². The van der Waals surface area contributed by atoms with Gasteiger partial charge in [-0.3, -0.25) is 14.9 Å². The summed E-state index contributed by atoms with van der Waals surface area (Å²) in [6.45, 7) is 3.65. The lowest BCUT2D eigenvalue weighted by atomic mass is 9.99. The van der Waals surface area contributed by atoms with Gasteiger partial charge in [-0.05, 0) is 37.5 Å². The maximum Gasteiger partial charge on any atom is 0.262 e. The van der Waals surface area contributed by atoms with Gasteiger partial charge in [0.25, 0.3) is 5.91 Å². The van der Waals surface area contributed by atoms with E-state index in [-0.39, 0.29) is 11.8 Å². The molecule has 8 heteroatoms. The number of rotatable bonds is 4. The van der Waals surface area contributed by atoms with Crippen molar-refractivity contribution in [2.45, 2.75) is 33.1 Å². The summed E-state index contributed by atoms with van der Waals surface area (Å²) in [6, 6.07) is 5.85. The molecule has 1 aliphatic heterocycles. The van der Waals surface area contributed by atoms with Gasteiger partial charge in [-0.25, -0.2) is 4.98 Å². The minimum atomic E-state index is -0.264. The van der Waals surface area contributed by atoms with Gasteiger partial charge in [-0.15, -0.1) is 11.3 Å². The first-order chi connectivity index (χ1) is 13.0. The molecule has 0 saturated carbocycles. The summed E-state index contributed by atoms with van der Waals surface area (Å²) in [7, 11) is 0. The van der Waals surface area contributed by atoms with Crippen molar-refractivity contribution in [2.75, 3.05) is 10.6 Å². The van der Waals surface area contributed by atoms with Crippen molar-refractivity contribution in [3.05, 3.63) is 46.2 Å². The van der Waals surface area contributed by atoms with Crippen LogP contribution >= 0.6 is 11.3 Å². The molecule has 138 valence electrons. The van der Waals surface area contributed by atoms with Crippen LogP contribution in [-0.2, 0) is 17.6 Å². The number of carbonyl (C=O) groups is 2. The van der Waals surface area contributed by atoms with Crippen molar-refractivity contribution in [2.24, 2.45) is 0 Å². The molecule has 3 heterocycles. The summed E-state index contributed by atoms with van der Waals surface area (Å²) in [4.78, 5) is 28.6. The Hall–Kier alpha value is -3.00. The number of amides is 2. The van der Waals surface area contributed by atoms with E-state index in [0.29, 0.717) is 35.0 Å². The van der Waals surface area contributed by atoms with Gasteiger partial charge in [0, 0.05) is 23.1 Å². The van der Waals surface area contributed by atoms with Crippen LogP contribution in [0, 0.1) is 6.92 Å². The predicted molar refractivity (Wildman–Crippen MR) is 103 cm³/mol. The molecule has 0 bridgehead atoms. The van der Waals surface area contributed by atoms with Crippen molar-refractivity contribution in [1.82, 2.24) is 10.1 Å². The molecule has 2 N–H and O–H groups in total. The Bertz CT molecular complexity index is 1040. The van der Waals surface area contributed by atoms with E-state index in [0.717, 1.165) is 28.9 Å². The number of carbonyl (C=O) groups excluding carboxylic acids is 2. The first kappa shape index (κ1) is 17.4. The van der Waals surface area contributed by atoms with Crippen molar-refractivity contribution in [3.63, 3.8) is 0 Å². The minimum absolute atomic E-state index is 0.0457. The second-order valence-electron chi connectivity index (χ2n) is 6.33. The Kier molecular flexibility index (Phi) is 4.49. The lowest BCUT2D eigenvalue weighted by Gasteiger charge is -2.17. The predicted octanol–water partition coefficient (Wildman–Crippen LogP) is 3.81. The van der Waals surface area contributed by atoms with Gasteiger partial charge in [0.15, 0.2) is 5.13 Å². The Labute approximate surface area is 159 Å². The summed E-state index contributed by atoms with van der Waals surface area (Å²) in [5.74, 6) is 0.280. The van der Waals surface area contributed by atoms with Crippen LogP contribution < -0.4 is 10.6 Å². The Morgan fingerprint density at radius 3 is 3.04 bits per heavy atom. The van der Waals surface area contributed by atoms with E-state index in [9.17, 15) is 9.59 Å². The minimum Gasteiger partial charge on any atom is -0.361 e. The van der Waals surface area contributed by atoms with E-state index < -0.39 is 0 Å². The fourth-order valence-electron chi connectivity index (χ4n) is 3.12. The fourth-order valence-corrected chi connectivity index (χ4v) is 3.83. The third-order valence-corrected chi connectivity index (χ3v) is 5.27. The molecule has 2 aromatic heterocycles. The van der Waals surface area contributed by atoms with Crippen LogP contribution in [0.4, 0.5) is 10.8 Å². The molecule has 0 unspecified atom stereocenters. The zero-order chi connectivity index (χ0) is 19.0. The van der Waals surface area contributed by atoms with Gasteiger partial charge in [-0.1, -0.05) is 18.1 Å². The normalized spacial score (nSPS) is 13.2. The third kappa shape index (κ3) is 3.35. The molecule has 0 spiro atoms. The summed E-state index contributed by atoms with van der Waals surface area (Å²) >= 11 is 1.36.